The van der Waals surface area contributed by atoms with Gasteiger partial charge in [-0.25, -0.2) is 0 Å². The summed E-state index contributed by atoms with van der Waals surface area (Å²) >= 11 is 0. The standard InChI is InChI=1S/C20H34N2O4/c1-14-10-16(12-20(3,4)11-14)19(26)21-8-5-6-17(7-9-21)22(15(2)23)13-18(24)25/h14,16-17H,5-13H2,1-4H3,(H,24,25). The van der Waals surface area contributed by atoms with Gasteiger partial charge in [0.05, 0.1) is 0 Å². The number of hydrogen-bond acceptors (Lipinski definition) is 3. The SMILES string of the molecule is CC(=O)N(CC(=O)O)C1CCCN(C(=O)C2CC(C)CC(C)(C)C2)CC1. The molecule has 6 heteroatoms. The number of hydrogen-bond donors (Lipinski definition) is 1. The first-order valence-corrected chi connectivity index (χ1v) is 9.87. The van der Waals surface area contributed by atoms with Gasteiger partial charge >= 0.3 is 5.97 Å². The van der Waals surface area contributed by atoms with E-state index in [1.165, 1.54) is 18.2 Å². The van der Waals surface area contributed by atoms with Crippen molar-refractivity contribution in [2.24, 2.45) is 17.3 Å². The molecule has 2 rings (SSSR count). The fraction of sp³-hybridized carbons (Fsp3) is 0.850. The van der Waals surface area contributed by atoms with Crippen LogP contribution >= 0.6 is 0 Å². The smallest absolute Gasteiger partial charge is 0.323 e. The summed E-state index contributed by atoms with van der Waals surface area (Å²) in [7, 11) is 0. The van der Waals surface area contributed by atoms with Crippen LogP contribution in [0.2, 0.25) is 0 Å². The number of nitrogens with zero attached hydrogens (tertiary/aromatic N) is 2. The molecule has 0 spiro atoms. The molecule has 1 aliphatic carbocycles. The number of amides is 2. The number of carbonyl (C=O) groups is 3. The summed E-state index contributed by atoms with van der Waals surface area (Å²) in [4.78, 5) is 39.4. The van der Waals surface area contributed by atoms with Crippen LogP contribution < -0.4 is 0 Å². The van der Waals surface area contributed by atoms with Crippen molar-refractivity contribution >= 4 is 17.8 Å². The second-order valence-electron chi connectivity index (χ2n) is 9.06. The number of rotatable bonds is 4. The quantitative estimate of drug-likeness (QED) is 0.830. The zero-order valence-electron chi connectivity index (χ0n) is 16.7. The molecule has 1 aliphatic heterocycles. The molecule has 26 heavy (non-hydrogen) atoms. The minimum atomic E-state index is -0.990. The molecule has 2 aliphatic rings. The lowest BCUT2D eigenvalue weighted by Crippen LogP contribution is -2.44. The first-order chi connectivity index (χ1) is 12.1. The minimum Gasteiger partial charge on any atom is -0.480 e. The van der Waals surface area contributed by atoms with E-state index in [1.807, 2.05) is 4.90 Å². The number of carbonyl (C=O) groups excluding carboxylic acids is 2. The van der Waals surface area contributed by atoms with Gasteiger partial charge in [0, 0.05) is 32.0 Å². The Hall–Kier alpha value is -1.59. The minimum absolute atomic E-state index is 0.0910. The van der Waals surface area contributed by atoms with Crippen LogP contribution in [0.5, 0.6) is 0 Å². The Morgan fingerprint density at radius 2 is 1.85 bits per heavy atom. The molecular formula is C20H34N2O4. The van der Waals surface area contributed by atoms with Crippen LogP contribution in [0.4, 0.5) is 0 Å². The predicted octanol–water partition coefficient (Wildman–Crippen LogP) is 2.76. The van der Waals surface area contributed by atoms with Gasteiger partial charge in [0.2, 0.25) is 11.8 Å². The molecule has 148 valence electrons. The monoisotopic (exact) mass is 366 g/mol. The zero-order valence-corrected chi connectivity index (χ0v) is 16.7. The first kappa shape index (κ1) is 20.7. The number of likely N-dealkylation sites (tertiary alicyclic amines) is 1. The lowest BCUT2D eigenvalue weighted by atomic mass is 9.67. The summed E-state index contributed by atoms with van der Waals surface area (Å²) in [6.45, 7) is 9.20. The average molecular weight is 367 g/mol. The highest BCUT2D eigenvalue weighted by atomic mass is 16.4. The van der Waals surface area contributed by atoms with Crippen LogP contribution in [-0.4, -0.2) is 58.4 Å². The lowest BCUT2D eigenvalue weighted by molar-refractivity contribution is -0.145. The number of aliphatic carboxylic acids is 1. The molecule has 0 aromatic carbocycles. The molecule has 6 nitrogen and oxygen atoms in total. The number of carboxylic acids is 1. The molecule has 1 heterocycles. The third-order valence-corrected chi connectivity index (χ3v) is 5.90. The van der Waals surface area contributed by atoms with Crippen molar-refractivity contribution in [3.8, 4) is 0 Å². The Morgan fingerprint density at radius 1 is 1.15 bits per heavy atom. The highest BCUT2D eigenvalue weighted by Crippen LogP contribution is 2.42. The van der Waals surface area contributed by atoms with Gasteiger partial charge < -0.3 is 14.9 Å². The predicted molar refractivity (Wildman–Crippen MR) is 99.5 cm³/mol. The fourth-order valence-corrected chi connectivity index (χ4v) is 5.05. The topological polar surface area (TPSA) is 77.9 Å². The Balaban J connectivity index is 2.00. The third kappa shape index (κ3) is 5.45. The molecular weight excluding hydrogens is 332 g/mol. The van der Waals surface area contributed by atoms with Gasteiger partial charge in [0.15, 0.2) is 0 Å². The van der Waals surface area contributed by atoms with E-state index in [9.17, 15) is 14.4 Å². The van der Waals surface area contributed by atoms with Crippen molar-refractivity contribution in [2.45, 2.75) is 72.3 Å². The molecule has 0 radical (unpaired) electrons. The fourth-order valence-electron chi connectivity index (χ4n) is 5.05. The molecule has 0 aromatic rings. The average Bonchev–Trinajstić information content (AvgIpc) is 2.75. The number of carboxylic acid groups (broad SMARTS) is 1. The van der Waals surface area contributed by atoms with E-state index in [1.54, 1.807) is 0 Å². The zero-order chi connectivity index (χ0) is 19.5. The van der Waals surface area contributed by atoms with E-state index in [2.05, 4.69) is 20.8 Å². The van der Waals surface area contributed by atoms with Crippen LogP contribution in [0.1, 0.15) is 66.2 Å². The van der Waals surface area contributed by atoms with Gasteiger partial charge in [-0.3, -0.25) is 14.4 Å². The molecule has 1 saturated carbocycles. The van der Waals surface area contributed by atoms with E-state index < -0.39 is 5.97 Å². The van der Waals surface area contributed by atoms with Crippen LogP contribution in [-0.2, 0) is 14.4 Å². The van der Waals surface area contributed by atoms with Crippen molar-refractivity contribution < 1.29 is 19.5 Å². The molecule has 0 aromatic heterocycles. The van der Waals surface area contributed by atoms with Gasteiger partial charge in [0.1, 0.15) is 6.54 Å². The van der Waals surface area contributed by atoms with Gasteiger partial charge in [0.25, 0.3) is 0 Å². The lowest BCUT2D eigenvalue weighted by Gasteiger charge is -2.40. The summed E-state index contributed by atoms with van der Waals surface area (Å²) < 4.78 is 0. The molecule has 3 atom stereocenters. The van der Waals surface area contributed by atoms with Crippen LogP contribution in [0.15, 0.2) is 0 Å². The molecule has 3 unspecified atom stereocenters. The van der Waals surface area contributed by atoms with E-state index in [-0.39, 0.29) is 35.7 Å². The van der Waals surface area contributed by atoms with Gasteiger partial charge in [-0.1, -0.05) is 20.8 Å². The highest BCUT2D eigenvalue weighted by molar-refractivity contribution is 5.80. The van der Waals surface area contributed by atoms with Gasteiger partial charge in [-0.05, 0) is 49.9 Å². The molecule has 2 fully saturated rings. The summed E-state index contributed by atoms with van der Waals surface area (Å²) in [6, 6.07) is -0.0943. The molecule has 2 amide bonds. The van der Waals surface area contributed by atoms with E-state index in [0.29, 0.717) is 25.4 Å². The maximum Gasteiger partial charge on any atom is 0.323 e. The van der Waals surface area contributed by atoms with Crippen molar-refractivity contribution in [1.82, 2.24) is 9.80 Å². The van der Waals surface area contributed by atoms with Gasteiger partial charge in [-0.15, -0.1) is 0 Å². The maximum atomic E-state index is 13.1. The van der Waals surface area contributed by atoms with Crippen molar-refractivity contribution in [1.29, 1.82) is 0 Å². The largest absolute Gasteiger partial charge is 0.480 e. The highest BCUT2D eigenvalue weighted by Gasteiger charge is 2.38. The van der Waals surface area contributed by atoms with Gasteiger partial charge in [-0.2, -0.15) is 0 Å². The van der Waals surface area contributed by atoms with E-state index in [4.69, 9.17) is 5.11 Å². The summed E-state index contributed by atoms with van der Waals surface area (Å²) in [5, 5.41) is 9.06. The third-order valence-electron chi connectivity index (χ3n) is 5.90. The van der Waals surface area contributed by atoms with E-state index in [0.717, 1.165) is 25.7 Å². The Bertz CT molecular complexity index is 546. The molecule has 1 saturated heterocycles. The maximum absolute atomic E-state index is 13.1. The first-order valence-electron chi connectivity index (χ1n) is 9.87. The Labute approximate surface area is 156 Å². The van der Waals surface area contributed by atoms with Crippen molar-refractivity contribution in [2.75, 3.05) is 19.6 Å². The Kier molecular flexibility index (Phi) is 6.69. The molecule has 0 bridgehead atoms. The van der Waals surface area contributed by atoms with Crippen LogP contribution in [0.25, 0.3) is 0 Å². The van der Waals surface area contributed by atoms with Crippen molar-refractivity contribution in [3.63, 3.8) is 0 Å². The van der Waals surface area contributed by atoms with E-state index >= 15 is 0 Å². The summed E-state index contributed by atoms with van der Waals surface area (Å²) in [5.74, 6) is -0.293. The van der Waals surface area contributed by atoms with Crippen LogP contribution in [0, 0.1) is 17.3 Å². The summed E-state index contributed by atoms with van der Waals surface area (Å²) in [5.41, 5.74) is 0.208. The second kappa shape index (κ2) is 8.40. The van der Waals surface area contributed by atoms with Crippen LogP contribution in [0.3, 0.4) is 0 Å². The second-order valence-corrected chi connectivity index (χ2v) is 9.06. The Morgan fingerprint density at radius 3 is 2.42 bits per heavy atom. The normalized spacial score (nSPS) is 28.9. The van der Waals surface area contributed by atoms with Crippen molar-refractivity contribution in [3.05, 3.63) is 0 Å². The summed E-state index contributed by atoms with van der Waals surface area (Å²) in [6.07, 6.45) is 5.29. The molecule has 1 N–H and O–H groups in total.